The molecule has 15 heavy (non-hydrogen) atoms. The SMILES string of the molecule is CCNC1(CN)C2CC3CC(C2)CC1C3. The standard InChI is InChI=1S/C13H24N2/c1-2-15-13(8-14)11-4-9-3-10(6-11)7-12(13)5-9/h9-12,15H,2-8,14H2,1H3. The third-order valence-corrected chi connectivity index (χ3v) is 5.44. The molecule has 0 aromatic carbocycles. The lowest BCUT2D eigenvalue weighted by Crippen LogP contribution is -2.68. The zero-order valence-electron chi connectivity index (χ0n) is 9.84. The van der Waals surface area contributed by atoms with Crippen molar-refractivity contribution in [2.75, 3.05) is 13.1 Å². The molecule has 86 valence electrons. The van der Waals surface area contributed by atoms with E-state index in [1.165, 1.54) is 32.1 Å². The van der Waals surface area contributed by atoms with Gasteiger partial charge in [-0.3, -0.25) is 0 Å². The quantitative estimate of drug-likeness (QED) is 0.741. The van der Waals surface area contributed by atoms with Gasteiger partial charge in [-0.2, -0.15) is 0 Å². The minimum absolute atomic E-state index is 0.322. The molecule has 0 radical (unpaired) electrons. The second-order valence-corrected chi connectivity index (χ2v) is 6.08. The van der Waals surface area contributed by atoms with Gasteiger partial charge in [0.1, 0.15) is 0 Å². The molecule has 0 aromatic heterocycles. The predicted octanol–water partition coefficient (Wildman–Crippen LogP) is 1.75. The zero-order chi connectivity index (χ0) is 10.5. The van der Waals surface area contributed by atoms with Gasteiger partial charge in [-0.25, -0.2) is 0 Å². The maximum atomic E-state index is 6.11. The van der Waals surface area contributed by atoms with Crippen LogP contribution < -0.4 is 11.1 Å². The molecule has 4 rings (SSSR count). The Kier molecular flexibility index (Phi) is 2.33. The minimum atomic E-state index is 0.322. The Balaban J connectivity index is 1.89. The molecule has 0 spiro atoms. The Bertz CT molecular complexity index is 221. The summed E-state index contributed by atoms with van der Waals surface area (Å²) in [5.74, 6) is 3.87. The van der Waals surface area contributed by atoms with Gasteiger partial charge in [-0.05, 0) is 62.3 Å². The molecular weight excluding hydrogens is 184 g/mol. The smallest absolute Gasteiger partial charge is 0.0361 e. The predicted molar refractivity (Wildman–Crippen MR) is 62.5 cm³/mol. The van der Waals surface area contributed by atoms with Gasteiger partial charge in [-0.1, -0.05) is 6.92 Å². The number of nitrogens with one attached hydrogen (secondary N) is 1. The van der Waals surface area contributed by atoms with Crippen LogP contribution in [0.5, 0.6) is 0 Å². The Hall–Kier alpha value is -0.0800. The number of hydrogen-bond donors (Lipinski definition) is 2. The third kappa shape index (κ3) is 1.31. The molecule has 0 atom stereocenters. The van der Waals surface area contributed by atoms with Crippen molar-refractivity contribution in [2.24, 2.45) is 29.4 Å². The van der Waals surface area contributed by atoms with E-state index in [9.17, 15) is 0 Å². The van der Waals surface area contributed by atoms with E-state index in [-0.39, 0.29) is 0 Å². The molecule has 0 amide bonds. The second-order valence-electron chi connectivity index (χ2n) is 6.08. The van der Waals surface area contributed by atoms with Crippen LogP contribution in [0.4, 0.5) is 0 Å². The van der Waals surface area contributed by atoms with Crippen molar-refractivity contribution in [1.29, 1.82) is 0 Å². The summed E-state index contributed by atoms with van der Waals surface area (Å²) >= 11 is 0. The van der Waals surface area contributed by atoms with E-state index in [1.54, 1.807) is 0 Å². The fourth-order valence-corrected chi connectivity index (χ4v) is 5.05. The zero-order valence-corrected chi connectivity index (χ0v) is 9.84. The number of hydrogen-bond acceptors (Lipinski definition) is 2. The van der Waals surface area contributed by atoms with Crippen molar-refractivity contribution >= 4 is 0 Å². The van der Waals surface area contributed by atoms with Crippen LogP contribution in [0.15, 0.2) is 0 Å². The Morgan fingerprint density at radius 2 is 1.60 bits per heavy atom. The van der Waals surface area contributed by atoms with Crippen molar-refractivity contribution in [3.63, 3.8) is 0 Å². The van der Waals surface area contributed by atoms with Crippen LogP contribution in [-0.4, -0.2) is 18.6 Å². The van der Waals surface area contributed by atoms with Gasteiger partial charge in [0, 0.05) is 12.1 Å². The van der Waals surface area contributed by atoms with E-state index in [1.807, 2.05) is 0 Å². The van der Waals surface area contributed by atoms with Crippen LogP contribution in [0.1, 0.15) is 39.0 Å². The Morgan fingerprint density at radius 3 is 2.00 bits per heavy atom. The van der Waals surface area contributed by atoms with E-state index >= 15 is 0 Å². The molecule has 4 fully saturated rings. The molecule has 4 aliphatic carbocycles. The molecule has 3 N–H and O–H groups in total. The lowest BCUT2D eigenvalue weighted by atomic mass is 9.48. The first-order valence-corrected chi connectivity index (χ1v) is 6.73. The normalized spacial score (nSPS) is 52.4. The highest BCUT2D eigenvalue weighted by Gasteiger charge is 2.55. The van der Waals surface area contributed by atoms with Crippen molar-refractivity contribution in [1.82, 2.24) is 5.32 Å². The molecule has 0 saturated heterocycles. The largest absolute Gasteiger partial charge is 0.329 e. The summed E-state index contributed by atoms with van der Waals surface area (Å²) in [4.78, 5) is 0. The summed E-state index contributed by atoms with van der Waals surface area (Å²) in [5, 5.41) is 3.77. The van der Waals surface area contributed by atoms with Crippen molar-refractivity contribution in [3.8, 4) is 0 Å². The first kappa shape index (κ1) is 10.1. The van der Waals surface area contributed by atoms with Gasteiger partial charge in [0.2, 0.25) is 0 Å². The topological polar surface area (TPSA) is 38.0 Å². The van der Waals surface area contributed by atoms with E-state index in [0.717, 1.165) is 36.8 Å². The third-order valence-electron chi connectivity index (χ3n) is 5.44. The van der Waals surface area contributed by atoms with E-state index in [0.29, 0.717) is 5.54 Å². The average molecular weight is 208 g/mol. The molecule has 0 unspecified atom stereocenters. The van der Waals surface area contributed by atoms with Crippen LogP contribution >= 0.6 is 0 Å². The minimum Gasteiger partial charge on any atom is -0.329 e. The molecule has 2 nitrogen and oxygen atoms in total. The second kappa shape index (κ2) is 3.46. The van der Waals surface area contributed by atoms with Crippen molar-refractivity contribution in [3.05, 3.63) is 0 Å². The number of likely N-dealkylation sites (N-methyl/N-ethyl adjacent to an activating group) is 1. The van der Waals surface area contributed by atoms with Crippen LogP contribution in [0.2, 0.25) is 0 Å². The Labute approximate surface area is 93.0 Å². The molecule has 2 heteroatoms. The van der Waals surface area contributed by atoms with Gasteiger partial charge in [0.25, 0.3) is 0 Å². The molecule has 4 bridgehead atoms. The van der Waals surface area contributed by atoms with Gasteiger partial charge < -0.3 is 11.1 Å². The van der Waals surface area contributed by atoms with Gasteiger partial charge >= 0.3 is 0 Å². The molecular formula is C13H24N2. The van der Waals surface area contributed by atoms with E-state index < -0.39 is 0 Å². The van der Waals surface area contributed by atoms with Crippen molar-refractivity contribution < 1.29 is 0 Å². The maximum absolute atomic E-state index is 6.11. The highest BCUT2D eigenvalue weighted by molar-refractivity contribution is 5.11. The molecule has 4 aliphatic rings. The molecule has 0 aromatic rings. The summed E-state index contributed by atoms with van der Waals surface area (Å²) in [6.07, 6.45) is 7.35. The molecule has 4 saturated carbocycles. The fraction of sp³-hybridized carbons (Fsp3) is 1.00. The highest BCUT2D eigenvalue weighted by atomic mass is 15.0. The number of nitrogens with two attached hydrogens (primary N) is 1. The molecule has 0 heterocycles. The maximum Gasteiger partial charge on any atom is 0.0361 e. The summed E-state index contributed by atoms with van der Waals surface area (Å²) in [6, 6.07) is 0. The first-order chi connectivity index (χ1) is 7.28. The average Bonchev–Trinajstić information content (AvgIpc) is 2.23. The summed E-state index contributed by atoms with van der Waals surface area (Å²) < 4.78 is 0. The Morgan fingerprint density at radius 1 is 1.07 bits per heavy atom. The van der Waals surface area contributed by atoms with Crippen molar-refractivity contribution in [2.45, 2.75) is 44.6 Å². The summed E-state index contributed by atoms with van der Waals surface area (Å²) in [7, 11) is 0. The van der Waals surface area contributed by atoms with Gasteiger partial charge in [-0.15, -0.1) is 0 Å². The number of rotatable bonds is 3. The lowest BCUT2D eigenvalue weighted by Gasteiger charge is -2.61. The monoisotopic (exact) mass is 208 g/mol. The van der Waals surface area contributed by atoms with E-state index in [4.69, 9.17) is 5.73 Å². The van der Waals surface area contributed by atoms with Crippen LogP contribution in [0.3, 0.4) is 0 Å². The van der Waals surface area contributed by atoms with E-state index in [2.05, 4.69) is 12.2 Å². The lowest BCUT2D eigenvalue weighted by molar-refractivity contribution is -0.0684. The summed E-state index contributed by atoms with van der Waals surface area (Å²) in [6.45, 7) is 4.16. The van der Waals surface area contributed by atoms with Gasteiger partial charge in [0.15, 0.2) is 0 Å². The van der Waals surface area contributed by atoms with Crippen LogP contribution in [0, 0.1) is 23.7 Å². The highest BCUT2D eigenvalue weighted by Crippen LogP contribution is 2.57. The fourth-order valence-electron chi connectivity index (χ4n) is 5.05. The molecule has 0 aliphatic heterocycles. The van der Waals surface area contributed by atoms with Crippen LogP contribution in [-0.2, 0) is 0 Å². The van der Waals surface area contributed by atoms with Gasteiger partial charge in [0.05, 0.1) is 0 Å². The summed E-state index contributed by atoms with van der Waals surface area (Å²) in [5.41, 5.74) is 6.43. The first-order valence-electron chi connectivity index (χ1n) is 6.73. The van der Waals surface area contributed by atoms with Crippen LogP contribution in [0.25, 0.3) is 0 Å².